The summed E-state index contributed by atoms with van der Waals surface area (Å²) in [6.45, 7) is 7.51. The highest BCUT2D eigenvalue weighted by atomic mass is 15.1. The highest BCUT2D eigenvalue weighted by Gasteiger charge is 2.15. The second-order valence-corrected chi connectivity index (χ2v) is 4.21. The van der Waals surface area contributed by atoms with Gasteiger partial charge in [-0.05, 0) is 45.4 Å². The van der Waals surface area contributed by atoms with Gasteiger partial charge < -0.3 is 15.5 Å². The van der Waals surface area contributed by atoms with Gasteiger partial charge in [0.1, 0.15) is 0 Å². The molecule has 0 spiro atoms. The predicted octanol–water partition coefficient (Wildman–Crippen LogP) is 0.0337. The minimum atomic E-state index is 0.763. The van der Waals surface area contributed by atoms with Crippen molar-refractivity contribution in [1.29, 1.82) is 0 Å². The minimum Gasteiger partial charge on any atom is -0.314 e. The quantitative estimate of drug-likeness (QED) is 0.589. The molecular weight excluding hydrogens is 162 g/mol. The molecule has 2 aliphatic heterocycles. The van der Waals surface area contributed by atoms with Gasteiger partial charge in [-0.2, -0.15) is 0 Å². The molecule has 0 bridgehead atoms. The molecule has 3 heteroatoms. The highest BCUT2D eigenvalue weighted by Crippen LogP contribution is 2.06. The number of nitrogens with one attached hydrogen (secondary N) is 2. The fraction of sp³-hybridized carbons (Fsp3) is 1.00. The molecule has 0 radical (unpaired) electrons. The molecule has 2 fully saturated rings. The molecule has 0 aromatic heterocycles. The van der Waals surface area contributed by atoms with E-state index in [2.05, 4.69) is 15.5 Å². The standard InChI is InChI=1S/C10H21N3/c1-2-6-13(5-1)7-3-4-12-10-8-11-9-10/h10-12H,1-9H2. The van der Waals surface area contributed by atoms with Crippen LogP contribution in [0, 0.1) is 0 Å². The number of hydrogen-bond acceptors (Lipinski definition) is 3. The number of likely N-dealkylation sites (tertiary alicyclic amines) is 1. The van der Waals surface area contributed by atoms with Crippen LogP contribution in [0.2, 0.25) is 0 Å². The Morgan fingerprint density at radius 1 is 1.23 bits per heavy atom. The number of hydrogen-bond donors (Lipinski definition) is 2. The Kier molecular flexibility index (Phi) is 3.58. The van der Waals surface area contributed by atoms with Crippen LogP contribution in [0.4, 0.5) is 0 Å². The van der Waals surface area contributed by atoms with Gasteiger partial charge in [-0.15, -0.1) is 0 Å². The Balaban J connectivity index is 1.43. The van der Waals surface area contributed by atoms with Crippen LogP contribution < -0.4 is 10.6 Å². The fourth-order valence-electron chi connectivity index (χ4n) is 2.05. The van der Waals surface area contributed by atoms with Gasteiger partial charge in [0, 0.05) is 19.1 Å². The molecule has 0 atom stereocenters. The van der Waals surface area contributed by atoms with Gasteiger partial charge in [0.15, 0.2) is 0 Å². The maximum absolute atomic E-state index is 3.55. The first kappa shape index (κ1) is 9.44. The van der Waals surface area contributed by atoms with E-state index in [-0.39, 0.29) is 0 Å². The molecule has 2 aliphatic rings. The smallest absolute Gasteiger partial charge is 0.0317 e. The molecule has 0 aromatic rings. The second kappa shape index (κ2) is 4.94. The Bertz CT molecular complexity index is 139. The predicted molar refractivity (Wildman–Crippen MR) is 55.0 cm³/mol. The lowest BCUT2D eigenvalue weighted by Gasteiger charge is -2.28. The zero-order chi connectivity index (χ0) is 8.93. The Hall–Kier alpha value is -0.120. The first-order valence-electron chi connectivity index (χ1n) is 5.61. The highest BCUT2D eigenvalue weighted by molar-refractivity contribution is 4.81. The van der Waals surface area contributed by atoms with E-state index >= 15 is 0 Å². The fourth-order valence-corrected chi connectivity index (χ4v) is 2.05. The van der Waals surface area contributed by atoms with Crippen molar-refractivity contribution in [2.75, 3.05) is 39.3 Å². The van der Waals surface area contributed by atoms with Crippen LogP contribution in [0.25, 0.3) is 0 Å². The Morgan fingerprint density at radius 3 is 2.62 bits per heavy atom. The normalized spacial score (nSPS) is 24.9. The summed E-state index contributed by atoms with van der Waals surface area (Å²) in [4.78, 5) is 2.58. The third kappa shape index (κ3) is 2.93. The summed E-state index contributed by atoms with van der Waals surface area (Å²) in [6, 6.07) is 0.763. The minimum absolute atomic E-state index is 0.763. The molecule has 2 heterocycles. The third-order valence-corrected chi connectivity index (χ3v) is 3.06. The Morgan fingerprint density at radius 2 is 2.00 bits per heavy atom. The molecule has 2 N–H and O–H groups in total. The number of rotatable bonds is 5. The van der Waals surface area contributed by atoms with E-state index in [1.807, 2.05) is 0 Å². The van der Waals surface area contributed by atoms with Crippen molar-refractivity contribution in [3.63, 3.8) is 0 Å². The van der Waals surface area contributed by atoms with E-state index in [4.69, 9.17) is 0 Å². The van der Waals surface area contributed by atoms with E-state index in [9.17, 15) is 0 Å². The van der Waals surface area contributed by atoms with Gasteiger partial charge in [-0.25, -0.2) is 0 Å². The van der Waals surface area contributed by atoms with Crippen molar-refractivity contribution >= 4 is 0 Å². The first-order chi connectivity index (χ1) is 6.45. The third-order valence-electron chi connectivity index (χ3n) is 3.06. The van der Waals surface area contributed by atoms with Crippen molar-refractivity contribution in [1.82, 2.24) is 15.5 Å². The molecule has 3 nitrogen and oxygen atoms in total. The molecule has 0 saturated carbocycles. The average Bonchev–Trinajstić information content (AvgIpc) is 2.53. The molecule has 2 rings (SSSR count). The summed E-state index contributed by atoms with van der Waals surface area (Å²) >= 11 is 0. The van der Waals surface area contributed by atoms with E-state index < -0.39 is 0 Å². The summed E-state index contributed by atoms with van der Waals surface area (Å²) in [6.07, 6.45) is 4.15. The van der Waals surface area contributed by atoms with Crippen LogP contribution in [0.3, 0.4) is 0 Å². The van der Waals surface area contributed by atoms with Gasteiger partial charge in [-0.1, -0.05) is 0 Å². The summed E-state index contributed by atoms with van der Waals surface area (Å²) in [5.41, 5.74) is 0. The Labute approximate surface area is 80.9 Å². The number of nitrogens with zero attached hydrogens (tertiary/aromatic N) is 1. The summed E-state index contributed by atoms with van der Waals surface area (Å²) in [7, 11) is 0. The monoisotopic (exact) mass is 183 g/mol. The maximum Gasteiger partial charge on any atom is 0.0317 e. The van der Waals surface area contributed by atoms with Crippen LogP contribution in [0.15, 0.2) is 0 Å². The van der Waals surface area contributed by atoms with Crippen molar-refractivity contribution in [3.8, 4) is 0 Å². The van der Waals surface area contributed by atoms with Crippen LogP contribution in [-0.4, -0.2) is 50.2 Å². The topological polar surface area (TPSA) is 27.3 Å². The molecule has 0 aromatic carbocycles. The van der Waals surface area contributed by atoms with Crippen LogP contribution >= 0.6 is 0 Å². The summed E-state index contributed by atoms with van der Waals surface area (Å²) < 4.78 is 0. The largest absolute Gasteiger partial charge is 0.314 e. The van der Waals surface area contributed by atoms with Crippen LogP contribution in [0.1, 0.15) is 19.3 Å². The lowest BCUT2D eigenvalue weighted by molar-refractivity contribution is 0.314. The van der Waals surface area contributed by atoms with E-state index in [1.54, 1.807) is 0 Å². The lowest BCUT2D eigenvalue weighted by Crippen LogP contribution is -2.55. The second-order valence-electron chi connectivity index (χ2n) is 4.21. The molecular formula is C10H21N3. The average molecular weight is 183 g/mol. The van der Waals surface area contributed by atoms with Crippen molar-refractivity contribution < 1.29 is 0 Å². The van der Waals surface area contributed by atoms with E-state index in [1.165, 1.54) is 58.5 Å². The van der Waals surface area contributed by atoms with Gasteiger partial charge in [-0.3, -0.25) is 0 Å². The van der Waals surface area contributed by atoms with Crippen LogP contribution in [0.5, 0.6) is 0 Å². The van der Waals surface area contributed by atoms with Crippen molar-refractivity contribution in [2.45, 2.75) is 25.3 Å². The molecule has 0 amide bonds. The molecule has 0 aliphatic carbocycles. The van der Waals surface area contributed by atoms with Gasteiger partial charge in [0.25, 0.3) is 0 Å². The first-order valence-corrected chi connectivity index (χ1v) is 5.61. The zero-order valence-corrected chi connectivity index (χ0v) is 8.39. The molecule has 2 saturated heterocycles. The molecule has 0 unspecified atom stereocenters. The SMILES string of the molecule is C1CCN(CCCNC2CNC2)C1. The van der Waals surface area contributed by atoms with Gasteiger partial charge in [0.05, 0.1) is 0 Å². The van der Waals surface area contributed by atoms with Crippen molar-refractivity contribution in [3.05, 3.63) is 0 Å². The lowest BCUT2D eigenvalue weighted by atomic mass is 10.2. The molecule has 13 heavy (non-hydrogen) atoms. The summed E-state index contributed by atoms with van der Waals surface area (Å²) in [5, 5.41) is 6.82. The molecule has 76 valence electrons. The zero-order valence-electron chi connectivity index (χ0n) is 8.39. The van der Waals surface area contributed by atoms with E-state index in [0.29, 0.717) is 0 Å². The summed E-state index contributed by atoms with van der Waals surface area (Å²) in [5.74, 6) is 0. The van der Waals surface area contributed by atoms with E-state index in [0.717, 1.165) is 6.04 Å². The van der Waals surface area contributed by atoms with Crippen molar-refractivity contribution in [2.24, 2.45) is 0 Å². The van der Waals surface area contributed by atoms with Crippen LogP contribution in [-0.2, 0) is 0 Å². The maximum atomic E-state index is 3.55. The van der Waals surface area contributed by atoms with Gasteiger partial charge >= 0.3 is 0 Å². The van der Waals surface area contributed by atoms with Gasteiger partial charge in [0.2, 0.25) is 0 Å².